The normalized spacial score (nSPS) is 32.0. The van der Waals surface area contributed by atoms with Gasteiger partial charge < -0.3 is 10.6 Å². The molecule has 3 atom stereocenters. The van der Waals surface area contributed by atoms with Crippen molar-refractivity contribution in [1.82, 2.24) is 10.6 Å². The van der Waals surface area contributed by atoms with Crippen LogP contribution in [0.2, 0.25) is 0 Å². The first-order valence-corrected chi connectivity index (χ1v) is 7.52. The number of hydrogen-bond donors (Lipinski definition) is 2. The Bertz CT molecular complexity index is 541. The summed E-state index contributed by atoms with van der Waals surface area (Å²) in [7, 11) is 0. The highest BCUT2D eigenvalue weighted by Gasteiger charge is 2.47. The van der Waals surface area contributed by atoms with Gasteiger partial charge in [-0.2, -0.15) is 0 Å². The molecule has 4 heteroatoms. The van der Waals surface area contributed by atoms with E-state index in [0.717, 1.165) is 12.0 Å². The molecule has 1 heterocycles. The highest BCUT2D eigenvalue weighted by Crippen LogP contribution is 2.42. The van der Waals surface area contributed by atoms with E-state index in [9.17, 15) is 4.79 Å². The van der Waals surface area contributed by atoms with E-state index in [4.69, 9.17) is 12.2 Å². The van der Waals surface area contributed by atoms with Gasteiger partial charge in [0.2, 0.25) is 0 Å². The van der Waals surface area contributed by atoms with E-state index in [2.05, 4.69) is 36.6 Å². The molecule has 1 aliphatic heterocycles. The molecule has 2 fully saturated rings. The van der Waals surface area contributed by atoms with Gasteiger partial charge in [0.05, 0.1) is 12.0 Å². The van der Waals surface area contributed by atoms with Gasteiger partial charge in [0, 0.05) is 12.5 Å². The summed E-state index contributed by atoms with van der Waals surface area (Å²) in [5.41, 5.74) is 1.19. The molecular formula is C16H20N2OS. The van der Waals surface area contributed by atoms with E-state index in [-0.39, 0.29) is 23.4 Å². The van der Waals surface area contributed by atoms with Crippen LogP contribution in [0.5, 0.6) is 0 Å². The van der Waals surface area contributed by atoms with E-state index in [1.165, 1.54) is 0 Å². The van der Waals surface area contributed by atoms with Crippen LogP contribution in [0.1, 0.15) is 38.3 Å². The first-order valence-electron chi connectivity index (χ1n) is 7.11. The number of nitrogens with one attached hydrogen (secondary N) is 2. The number of rotatable bonds is 1. The quantitative estimate of drug-likeness (QED) is 0.779. The molecule has 0 unspecified atom stereocenters. The number of fused-ring (bicyclic) bond motifs is 1. The lowest BCUT2D eigenvalue weighted by molar-refractivity contribution is -0.130. The Morgan fingerprint density at radius 2 is 1.90 bits per heavy atom. The van der Waals surface area contributed by atoms with Crippen LogP contribution < -0.4 is 10.6 Å². The smallest absolute Gasteiger partial charge is 0.167 e. The molecule has 0 bridgehead atoms. The molecule has 2 N–H and O–H groups in total. The third-order valence-electron chi connectivity index (χ3n) is 4.35. The summed E-state index contributed by atoms with van der Waals surface area (Å²) in [5.74, 6) is 0.305. The second-order valence-corrected chi connectivity index (χ2v) is 7.06. The monoisotopic (exact) mass is 288 g/mol. The summed E-state index contributed by atoms with van der Waals surface area (Å²) in [4.78, 5) is 12.6. The zero-order valence-electron chi connectivity index (χ0n) is 11.8. The van der Waals surface area contributed by atoms with E-state index < -0.39 is 0 Å². The average Bonchev–Trinajstić information content (AvgIpc) is 2.36. The first kappa shape index (κ1) is 13.6. The Morgan fingerprint density at radius 1 is 1.20 bits per heavy atom. The van der Waals surface area contributed by atoms with Gasteiger partial charge in [0.25, 0.3) is 0 Å². The molecule has 3 rings (SSSR count). The molecule has 1 aliphatic carbocycles. The Morgan fingerprint density at radius 3 is 2.60 bits per heavy atom. The Hall–Kier alpha value is -1.42. The number of benzene rings is 1. The molecule has 106 valence electrons. The SMILES string of the molecule is CC1(C)CC(=O)[C@@H]2[C@H](C1)NC(=S)N[C@H]2c1ccccc1. The van der Waals surface area contributed by atoms with Crippen molar-refractivity contribution in [1.29, 1.82) is 0 Å². The minimum atomic E-state index is -0.0304. The van der Waals surface area contributed by atoms with Crippen LogP contribution in [0.15, 0.2) is 30.3 Å². The number of hydrogen-bond acceptors (Lipinski definition) is 2. The molecule has 1 saturated heterocycles. The van der Waals surface area contributed by atoms with Crippen molar-refractivity contribution in [3.05, 3.63) is 35.9 Å². The Balaban J connectivity index is 1.95. The third kappa shape index (κ3) is 2.44. The Labute approximate surface area is 125 Å². The van der Waals surface area contributed by atoms with Crippen LogP contribution in [0.25, 0.3) is 0 Å². The van der Waals surface area contributed by atoms with Crippen molar-refractivity contribution in [3.8, 4) is 0 Å². The molecule has 0 amide bonds. The number of carbonyl (C=O) groups is 1. The van der Waals surface area contributed by atoms with Gasteiger partial charge in [0.1, 0.15) is 5.78 Å². The summed E-state index contributed by atoms with van der Waals surface area (Å²) < 4.78 is 0. The topological polar surface area (TPSA) is 41.1 Å². The first-order chi connectivity index (χ1) is 9.46. The van der Waals surface area contributed by atoms with E-state index in [1.54, 1.807) is 0 Å². The standard InChI is InChI=1S/C16H20N2OS/c1-16(2)8-11-13(12(19)9-16)14(18-15(20)17-11)10-6-4-3-5-7-10/h3-7,11,13-14H,8-9H2,1-2H3,(H2,17,18,20)/t11-,13-,14-/m0/s1. The van der Waals surface area contributed by atoms with Crippen molar-refractivity contribution >= 4 is 23.1 Å². The molecule has 0 radical (unpaired) electrons. The lowest BCUT2D eigenvalue weighted by atomic mass is 9.66. The zero-order valence-corrected chi connectivity index (χ0v) is 12.7. The predicted octanol–water partition coefficient (Wildman–Crippen LogP) is 2.58. The molecule has 0 aromatic heterocycles. The van der Waals surface area contributed by atoms with Gasteiger partial charge >= 0.3 is 0 Å². The molecule has 1 aromatic rings. The van der Waals surface area contributed by atoms with Gasteiger partial charge in [-0.1, -0.05) is 44.2 Å². The van der Waals surface area contributed by atoms with Crippen LogP contribution in [-0.4, -0.2) is 16.9 Å². The number of carbonyl (C=O) groups excluding carboxylic acids is 1. The van der Waals surface area contributed by atoms with E-state index in [0.29, 0.717) is 17.3 Å². The van der Waals surface area contributed by atoms with Crippen LogP contribution in [-0.2, 0) is 4.79 Å². The zero-order chi connectivity index (χ0) is 14.3. The molecule has 20 heavy (non-hydrogen) atoms. The maximum absolute atomic E-state index is 12.6. The molecule has 1 saturated carbocycles. The number of thiocarbonyl (C=S) groups is 1. The maximum Gasteiger partial charge on any atom is 0.167 e. The lowest BCUT2D eigenvalue weighted by Gasteiger charge is -2.47. The molecule has 1 aromatic carbocycles. The van der Waals surface area contributed by atoms with Crippen molar-refractivity contribution in [3.63, 3.8) is 0 Å². The maximum atomic E-state index is 12.6. The summed E-state index contributed by atoms with van der Waals surface area (Å²) in [5, 5.41) is 7.25. The minimum absolute atomic E-state index is 0.00134. The fourth-order valence-corrected chi connectivity index (χ4v) is 3.84. The van der Waals surface area contributed by atoms with Crippen molar-refractivity contribution < 1.29 is 4.79 Å². The summed E-state index contributed by atoms with van der Waals surface area (Å²) in [6, 6.07) is 10.3. The van der Waals surface area contributed by atoms with E-state index in [1.807, 2.05) is 18.2 Å². The summed E-state index contributed by atoms with van der Waals surface area (Å²) in [6.07, 6.45) is 1.63. The molecular weight excluding hydrogens is 268 g/mol. The molecule has 2 aliphatic rings. The number of ketones is 1. The third-order valence-corrected chi connectivity index (χ3v) is 4.59. The van der Waals surface area contributed by atoms with Gasteiger partial charge in [-0.05, 0) is 29.6 Å². The van der Waals surface area contributed by atoms with Crippen LogP contribution >= 0.6 is 12.2 Å². The van der Waals surface area contributed by atoms with Gasteiger partial charge in [-0.25, -0.2) is 0 Å². The van der Waals surface area contributed by atoms with Crippen LogP contribution in [0, 0.1) is 11.3 Å². The van der Waals surface area contributed by atoms with Gasteiger partial charge in [0.15, 0.2) is 5.11 Å². The molecule has 3 nitrogen and oxygen atoms in total. The van der Waals surface area contributed by atoms with Crippen molar-refractivity contribution in [2.24, 2.45) is 11.3 Å². The Kier molecular flexibility index (Phi) is 3.28. The predicted molar refractivity (Wildman–Crippen MR) is 83.4 cm³/mol. The highest BCUT2D eigenvalue weighted by molar-refractivity contribution is 7.80. The molecule has 0 spiro atoms. The van der Waals surface area contributed by atoms with Gasteiger partial charge in [-0.3, -0.25) is 4.79 Å². The second kappa shape index (κ2) is 4.85. The van der Waals surface area contributed by atoms with Crippen molar-refractivity contribution in [2.45, 2.75) is 38.8 Å². The average molecular weight is 288 g/mol. The summed E-state index contributed by atoms with van der Waals surface area (Å²) in [6.45, 7) is 4.32. The lowest BCUT2D eigenvalue weighted by Crippen LogP contribution is -2.61. The second-order valence-electron chi connectivity index (χ2n) is 6.65. The van der Waals surface area contributed by atoms with Gasteiger partial charge in [-0.15, -0.1) is 0 Å². The van der Waals surface area contributed by atoms with Crippen LogP contribution in [0.4, 0.5) is 0 Å². The fraction of sp³-hybridized carbons (Fsp3) is 0.500. The van der Waals surface area contributed by atoms with Crippen molar-refractivity contribution in [2.75, 3.05) is 0 Å². The largest absolute Gasteiger partial charge is 0.359 e. The van der Waals surface area contributed by atoms with E-state index >= 15 is 0 Å². The highest BCUT2D eigenvalue weighted by atomic mass is 32.1. The summed E-state index contributed by atoms with van der Waals surface area (Å²) >= 11 is 5.33. The number of Topliss-reactive ketones (excluding diaryl/α,β-unsaturated/α-hetero) is 1. The van der Waals surface area contributed by atoms with Crippen LogP contribution in [0.3, 0.4) is 0 Å². The fourth-order valence-electron chi connectivity index (χ4n) is 3.56. The minimum Gasteiger partial charge on any atom is -0.359 e.